The normalized spacial score (nSPS) is 18.9. The van der Waals surface area contributed by atoms with Crippen molar-refractivity contribution in [2.24, 2.45) is 5.73 Å². The summed E-state index contributed by atoms with van der Waals surface area (Å²) >= 11 is 1.83. The zero-order valence-electron chi connectivity index (χ0n) is 10.4. The first-order chi connectivity index (χ1) is 8.55. The topological polar surface area (TPSA) is 64.9 Å². The van der Waals surface area contributed by atoms with Gasteiger partial charge in [-0.1, -0.05) is 23.4 Å². The van der Waals surface area contributed by atoms with Crippen LogP contribution >= 0.6 is 11.8 Å². The van der Waals surface area contributed by atoms with E-state index in [1.165, 1.54) is 10.5 Å². The summed E-state index contributed by atoms with van der Waals surface area (Å²) in [6.45, 7) is 3.75. The van der Waals surface area contributed by atoms with Gasteiger partial charge in [0.2, 0.25) is 5.89 Å². The fourth-order valence-corrected chi connectivity index (χ4v) is 3.23. The molecule has 2 aromatic rings. The monoisotopic (exact) mass is 261 g/mol. The Morgan fingerprint density at radius 1 is 1.39 bits per heavy atom. The molecule has 3 rings (SSSR count). The third kappa shape index (κ3) is 1.93. The van der Waals surface area contributed by atoms with Crippen molar-refractivity contribution in [3.05, 3.63) is 41.5 Å². The van der Waals surface area contributed by atoms with Crippen molar-refractivity contribution in [2.75, 3.05) is 5.75 Å². The Balaban J connectivity index is 1.96. The second kappa shape index (κ2) is 4.10. The smallest absolute Gasteiger partial charge is 0.235 e. The van der Waals surface area contributed by atoms with Crippen LogP contribution in [0.1, 0.15) is 37.0 Å². The number of nitrogens with zero attached hydrogens (tertiary/aromatic N) is 2. The molecular formula is C13H15N3OS. The molecular weight excluding hydrogens is 246 g/mol. The highest BCUT2D eigenvalue weighted by molar-refractivity contribution is 7.99. The first kappa shape index (κ1) is 11.7. The number of benzene rings is 1. The largest absolute Gasteiger partial charge is 0.339 e. The number of aromatic nitrogens is 2. The average Bonchev–Trinajstić information content (AvgIpc) is 2.94. The number of hydrogen-bond donors (Lipinski definition) is 1. The molecule has 0 aliphatic carbocycles. The van der Waals surface area contributed by atoms with Crippen molar-refractivity contribution in [3.63, 3.8) is 0 Å². The zero-order chi connectivity index (χ0) is 12.8. The van der Waals surface area contributed by atoms with Gasteiger partial charge in [-0.25, -0.2) is 0 Å². The van der Waals surface area contributed by atoms with Gasteiger partial charge in [0.15, 0.2) is 5.82 Å². The molecule has 1 atom stereocenters. The summed E-state index contributed by atoms with van der Waals surface area (Å²) < 4.78 is 5.38. The van der Waals surface area contributed by atoms with E-state index in [2.05, 4.69) is 28.3 Å². The summed E-state index contributed by atoms with van der Waals surface area (Å²) in [6.07, 6.45) is 0. The minimum absolute atomic E-state index is 0.190. The van der Waals surface area contributed by atoms with E-state index in [0.29, 0.717) is 11.7 Å². The van der Waals surface area contributed by atoms with Crippen LogP contribution in [0.5, 0.6) is 0 Å². The van der Waals surface area contributed by atoms with E-state index >= 15 is 0 Å². The van der Waals surface area contributed by atoms with Gasteiger partial charge in [-0.2, -0.15) is 4.98 Å². The molecule has 0 saturated carbocycles. The molecule has 18 heavy (non-hydrogen) atoms. The highest BCUT2D eigenvalue weighted by atomic mass is 32.2. The van der Waals surface area contributed by atoms with Crippen LogP contribution in [-0.2, 0) is 5.54 Å². The maximum absolute atomic E-state index is 5.97. The van der Waals surface area contributed by atoms with Gasteiger partial charge in [0.05, 0.1) is 11.5 Å². The van der Waals surface area contributed by atoms with Gasteiger partial charge in [0.1, 0.15) is 0 Å². The Hall–Kier alpha value is -1.33. The molecule has 5 heteroatoms. The van der Waals surface area contributed by atoms with Crippen LogP contribution in [0.25, 0.3) is 0 Å². The Kier molecular flexibility index (Phi) is 2.68. The molecule has 0 spiro atoms. The molecule has 4 nitrogen and oxygen atoms in total. The van der Waals surface area contributed by atoms with Gasteiger partial charge >= 0.3 is 0 Å². The number of thioether (sulfide) groups is 1. The molecule has 2 N–H and O–H groups in total. The number of fused-ring (bicyclic) bond motifs is 1. The van der Waals surface area contributed by atoms with Crippen molar-refractivity contribution in [2.45, 2.75) is 30.2 Å². The Morgan fingerprint density at radius 3 is 2.89 bits per heavy atom. The zero-order valence-corrected chi connectivity index (χ0v) is 11.2. The first-order valence-electron chi connectivity index (χ1n) is 5.90. The molecule has 94 valence electrons. The van der Waals surface area contributed by atoms with Gasteiger partial charge in [-0.05, 0) is 25.5 Å². The molecule has 1 aromatic heterocycles. The van der Waals surface area contributed by atoms with Gasteiger partial charge in [0, 0.05) is 10.6 Å². The molecule has 0 radical (unpaired) electrons. The summed E-state index contributed by atoms with van der Waals surface area (Å²) in [6, 6.07) is 8.35. The van der Waals surface area contributed by atoms with Crippen LogP contribution in [0.15, 0.2) is 33.7 Å². The number of rotatable bonds is 2. The SMILES string of the molecule is CC(C)(N)c1noc(C2CSc3ccccc32)n1. The highest BCUT2D eigenvalue weighted by Gasteiger charge is 2.31. The molecule has 2 heterocycles. The maximum atomic E-state index is 5.97. The molecule has 1 aromatic carbocycles. The Labute approximate surface area is 110 Å². The molecule has 0 amide bonds. The molecule has 0 fully saturated rings. The Morgan fingerprint density at radius 2 is 2.17 bits per heavy atom. The van der Waals surface area contributed by atoms with Crippen molar-refractivity contribution < 1.29 is 4.52 Å². The predicted octanol–water partition coefficient (Wildman–Crippen LogP) is 2.50. The van der Waals surface area contributed by atoms with Crippen LogP contribution in [0, 0.1) is 0 Å². The lowest BCUT2D eigenvalue weighted by molar-refractivity contribution is 0.355. The van der Waals surface area contributed by atoms with Gasteiger partial charge in [-0.3, -0.25) is 0 Å². The van der Waals surface area contributed by atoms with Gasteiger partial charge < -0.3 is 10.3 Å². The predicted molar refractivity (Wildman–Crippen MR) is 70.5 cm³/mol. The van der Waals surface area contributed by atoms with E-state index in [4.69, 9.17) is 10.3 Å². The third-order valence-corrected chi connectivity index (χ3v) is 4.20. The van der Waals surface area contributed by atoms with Crippen LogP contribution in [-0.4, -0.2) is 15.9 Å². The molecule has 1 unspecified atom stereocenters. The number of nitrogens with two attached hydrogens (primary N) is 1. The van der Waals surface area contributed by atoms with E-state index < -0.39 is 5.54 Å². The minimum atomic E-state index is -0.562. The minimum Gasteiger partial charge on any atom is -0.339 e. The highest BCUT2D eigenvalue weighted by Crippen LogP contribution is 2.42. The van der Waals surface area contributed by atoms with Crippen LogP contribution in [0.3, 0.4) is 0 Å². The lowest BCUT2D eigenvalue weighted by Gasteiger charge is -2.11. The third-order valence-electron chi connectivity index (χ3n) is 3.02. The Bertz CT molecular complexity index is 574. The maximum Gasteiger partial charge on any atom is 0.235 e. The van der Waals surface area contributed by atoms with E-state index in [1.807, 2.05) is 31.7 Å². The molecule has 1 aliphatic heterocycles. The second-order valence-corrected chi connectivity index (χ2v) is 6.14. The quantitative estimate of drug-likeness (QED) is 0.899. The van der Waals surface area contributed by atoms with Crippen LogP contribution in [0.2, 0.25) is 0 Å². The summed E-state index contributed by atoms with van der Waals surface area (Å²) in [5.74, 6) is 2.37. The molecule has 0 saturated heterocycles. The average molecular weight is 261 g/mol. The fourth-order valence-electron chi connectivity index (χ4n) is 2.01. The lowest BCUT2D eigenvalue weighted by atomic mass is 10.0. The van der Waals surface area contributed by atoms with Crippen molar-refractivity contribution in [1.82, 2.24) is 10.1 Å². The van der Waals surface area contributed by atoms with Crippen molar-refractivity contribution >= 4 is 11.8 Å². The second-order valence-electron chi connectivity index (χ2n) is 5.08. The van der Waals surface area contributed by atoms with E-state index in [1.54, 1.807) is 0 Å². The fraction of sp³-hybridized carbons (Fsp3) is 0.385. The summed E-state index contributed by atoms with van der Waals surface area (Å²) in [4.78, 5) is 5.75. The summed E-state index contributed by atoms with van der Waals surface area (Å²) in [5, 5.41) is 3.98. The standard InChI is InChI=1S/C13H15N3OS/c1-13(2,14)12-15-11(17-16-12)9-7-18-10-6-4-3-5-8(9)10/h3-6,9H,7,14H2,1-2H3. The molecule has 1 aliphatic rings. The van der Waals surface area contributed by atoms with Gasteiger partial charge in [0.25, 0.3) is 0 Å². The lowest BCUT2D eigenvalue weighted by Crippen LogP contribution is -2.30. The van der Waals surface area contributed by atoms with Gasteiger partial charge in [-0.15, -0.1) is 11.8 Å². The van der Waals surface area contributed by atoms with E-state index in [9.17, 15) is 0 Å². The number of hydrogen-bond acceptors (Lipinski definition) is 5. The summed E-state index contributed by atoms with van der Waals surface area (Å²) in [5.41, 5.74) is 6.68. The van der Waals surface area contributed by atoms with Crippen LogP contribution in [0.4, 0.5) is 0 Å². The van der Waals surface area contributed by atoms with E-state index in [-0.39, 0.29) is 5.92 Å². The summed E-state index contributed by atoms with van der Waals surface area (Å²) in [7, 11) is 0. The molecule has 0 bridgehead atoms. The van der Waals surface area contributed by atoms with Crippen LogP contribution < -0.4 is 5.73 Å². The van der Waals surface area contributed by atoms with Crippen molar-refractivity contribution in [1.29, 1.82) is 0 Å². The first-order valence-corrected chi connectivity index (χ1v) is 6.89. The van der Waals surface area contributed by atoms with E-state index in [0.717, 1.165) is 5.75 Å². The van der Waals surface area contributed by atoms with Crippen molar-refractivity contribution in [3.8, 4) is 0 Å².